The number of methoxy groups -OCH3 is 2. The monoisotopic (exact) mass is 421 g/mol. The summed E-state index contributed by atoms with van der Waals surface area (Å²) in [6, 6.07) is 11.2. The van der Waals surface area contributed by atoms with Gasteiger partial charge >= 0.3 is 0 Å². The van der Waals surface area contributed by atoms with E-state index in [-0.39, 0.29) is 29.3 Å². The molecule has 0 aliphatic carbocycles. The molecule has 0 aliphatic heterocycles. The zero-order valence-corrected chi connectivity index (χ0v) is 16.4. The van der Waals surface area contributed by atoms with Gasteiger partial charge in [-0.05, 0) is 34.6 Å². The van der Waals surface area contributed by atoms with Gasteiger partial charge in [0, 0.05) is 11.6 Å². The summed E-state index contributed by atoms with van der Waals surface area (Å²) in [7, 11) is 3.20. The number of hydrogen-bond donors (Lipinski definition) is 0. The summed E-state index contributed by atoms with van der Waals surface area (Å²) in [5.74, 6) is 1.41. The SMILES string of the molecule is Br.COc1ccc(-c2cc[n+](CC(=O)c3cccs3)cn2)cc1OC. The van der Waals surface area contributed by atoms with Crippen LogP contribution in [0.25, 0.3) is 11.3 Å². The fourth-order valence-corrected chi connectivity index (χ4v) is 2.98. The first-order chi connectivity index (χ1) is 11.7. The Labute approximate surface area is 160 Å². The third-order valence-electron chi connectivity index (χ3n) is 3.57. The molecular formula is C18H18BrN2O3S+. The topological polar surface area (TPSA) is 52.3 Å². The summed E-state index contributed by atoms with van der Waals surface area (Å²) < 4.78 is 12.3. The molecule has 0 spiro atoms. The molecule has 130 valence electrons. The van der Waals surface area contributed by atoms with Crippen molar-refractivity contribution >= 4 is 34.1 Å². The fraction of sp³-hybridized carbons (Fsp3) is 0.167. The van der Waals surface area contributed by atoms with Gasteiger partial charge in [0.15, 0.2) is 23.7 Å². The van der Waals surface area contributed by atoms with Gasteiger partial charge < -0.3 is 9.47 Å². The summed E-state index contributed by atoms with van der Waals surface area (Å²) in [6.45, 7) is 0.278. The van der Waals surface area contributed by atoms with E-state index in [9.17, 15) is 4.79 Å². The molecule has 0 atom stereocenters. The van der Waals surface area contributed by atoms with Crippen LogP contribution in [0.3, 0.4) is 0 Å². The molecule has 0 aliphatic rings. The van der Waals surface area contributed by atoms with Gasteiger partial charge in [0.1, 0.15) is 0 Å². The van der Waals surface area contributed by atoms with Gasteiger partial charge in [0.05, 0.1) is 25.3 Å². The zero-order chi connectivity index (χ0) is 16.9. The number of ketones is 1. The highest BCUT2D eigenvalue weighted by Crippen LogP contribution is 2.31. The number of carbonyl (C=O) groups is 1. The van der Waals surface area contributed by atoms with Crippen molar-refractivity contribution in [2.45, 2.75) is 6.54 Å². The van der Waals surface area contributed by atoms with Gasteiger partial charge in [0.2, 0.25) is 5.78 Å². The maximum absolute atomic E-state index is 12.1. The zero-order valence-electron chi connectivity index (χ0n) is 13.8. The van der Waals surface area contributed by atoms with Crippen molar-refractivity contribution in [3.8, 4) is 22.8 Å². The largest absolute Gasteiger partial charge is 0.493 e. The molecule has 0 radical (unpaired) electrons. The molecular weight excluding hydrogens is 404 g/mol. The number of halogens is 1. The fourth-order valence-electron chi connectivity index (χ4n) is 2.33. The molecule has 0 bridgehead atoms. The molecule has 0 amide bonds. The van der Waals surface area contributed by atoms with Gasteiger partial charge in [-0.25, -0.2) is 4.57 Å². The predicted octanol–water partition coefficient (Wildman–Crippen LogP) is 3.58. The van der Waals surface area contributed by atoms with E-state index >= 15 is 0 Å². The molecule has 2 heterocycles. The summed E-state index contributed by atoms with van der Waals surface area (Å²) in [5.41, 5.74) is 1.72. The predicted molar refractivity (Wildman–Crippen MR) is 102 cm³/mol. The van der Waals surface area contributed by atoms with Crippen molar-refractivity contribution in [3.05, 3.63) is 59.2 Å². The Morgan fingerprint density at radius 1 is 1.16 bits per heavy atom. The smallest absolute Gasteiger partial charge is 0.287 e. The van der Waals surface area contributed by atoms with E-state index in [1.165, 1.54) is 11.3 Å². The van der Waals surface area contributed by atoms with Crippen LogP contribution in [0.2, 0.25) is 0 Å². The number of benzene rings is 1. The second-order valence-electron chi connectivity index (χ2n) is 5.09. The molecule has 0 N–H and O–H groups in total. The van der Waals surface area contributed by atoms with Crippen molar-refractivity contribution in [2.24, 2.45) is 0 Å². The van der Waals surface area contributed by atoms with Crippen molar-refractivity contribution in [1.82, 2.24) is 4.98 Å². The van der Waals surface area contributed by atoms with Crippen LogP contribution < -0.4 is 14.0 Å². The third-order valence-corrected chi connectivity index (χ3v) is 4.48. The quantitative estimate of drug-likeness (QED) is 0.450. The van der Waals surface area contributed by atoms with Crippen molar-refractivity contribution < 1.29 is 18.8 Å². The molecule has 3 rings (SSSR count). The van der Waals surface area contributed by atoms with Crippen LogP contribution in [-0.4, -0.2) is 25.0 Å². The molecule has 7 heteroatoms. The molecule has 0 saturated heterocycles. The number of carbonyl (C=O) groups excluding carboxylic acids is 1. The van der Waals surface area contributed by atoms with Gasteiger partial charge in [0.25, 0.3) is 6.33 Å². The van der Waals surface area contributed by atoms with E-state index in [4.69, 9.17) is 9.47 Å². The van der Waals surface area contributed by atoms with Crippen LogP contribution in [0.5, 0.6) is 11.5 Å². The maximum atomic E-state index is 12.1. The average molecular weight is 422 g/mol. The minimum Gasteiger partial charge on any atom is -0.493 e. The van der Waals surface area contributed by atoms with Crippen molar-refractivity contribution in [3.63, 3.8) is 0 Å². The minimum absolute atomic E-state index is 0. The molecule has 5 nitrogen and oxygen atoms in total. The van der Waals surface area contributed by atoms with Crippen LogP contribution in [-0.2, 0) is 6.54 Å². The van der Waals surface area contributed by atoms with Crippen LogP contribution >= 0.6 is 28.3 Å². The van der Waals surface area contributed by atoms with Crippen LogP contribution in [0.15, 0.2) is 54.3 Å². The van der Waals surface area contributed by atoms with Gasteiger partial charge in [-0.15, -0.1) is 28.3 Å². The van der Waals surface area contributed by atoms with E-state index in [0.29, 0.717) is 11.5 Å². The number of Topliss-reactive ketones (excluding diaryl/α,β-unsaturated/α-hetero) is 1. The molecule has 25 heavy (non-hydrogen) atoms. The number of hydrogen-bond acceptors (Lipinski definition) is 5. The standard InChI is InChI=1S/C18H17N2O3S.BrH/c1-22-16-6-5-13(10-17(16)23-2)14-7-8-20(12-19-14)11-15(21)18-4-3-9-24-18;/h3-10,12H,11H2,1-2H3;1H/q+1;. The lowest BCUT2D eigenvalue weighted by Crippen LogP contribution is -2.37. The van der Waals surface area contributed by atoms with Gasteiger partial charge in [-0.1, -0.05) is 6.07 Å². The molecule has 3 aromatic rings. The molecule has 0 saturated carbocycles. The van der Waals surface area contributed by atoms with Crippen molar-refractivity contribution in [2.75, 3.05) is 14.2 Å². The molecule has 0 fully saturated rings. The van der Waals surface area contributed by atoms with Crippen molar-refractivity contribution in [1.29, 1.82) is 0 Å². The van der Waals surface area contributed by atoms with Crippen LogP contribution in [0.1, 0.15) is 9.67 Å². The Hall–Kier alpha value is -2.25. The van der Waals surface area contributed by atoms with Crippen LogP contribution in [0.4, 0.5) is 0 Å². The highest BCUT2D eigenvalue weighted by molar-refractivity contribution is 8.93. The van der Waals surface area contributed by atoms with Crippen LogP contribution in [0, 0.1) is 0 Å². The highest BCUT2D eigenvalue weighted by atomic mass is 79.9. The first kappa shape index (κ1) is 19.1. The molecule has 2 aromatic heterocycles. The van der Waals surface area contributed by atoms with E-state index < -0.39 is 0 Å². The third kappa shape index (κ3) is 4.43. The lowest BCUT2D eigenvalue weighted by atomic mass is 10.1. The molecule has 0 unspecified atom stereocenters. The summed E-state index contributed by atoms with van der Waals surface area (Å²) in [4.78, 5) is 17.3. The Morgan fingerprint density at radius 3 is 2.56 bits per heavy atom. The minimum atomic E-state index is 0. The van der Waals surface area contributed by atoms with Gasteiger partial charge in [-0.2, -0.15) is 0 Å². The lowest BCUT2D eigenvalue weighted by molar-refractivity contribution is -0.686. The first-order valence-electron chi connectivity index (χ1n) is 7.35. The number of aromatic nitrogens is 2. The average Bonchev–Trinajstić information content (AvgIpc) is 3.16. The Morgan fingerprint density at radius 2 is 1.96 bits per heavy atom. The van der Waals surface area contributed by atoms with E-state index in [1.807, 2.05) is 48.0 Å². The second-order valence-corrected chi connectivity index (χ2v) is 6.04. The Bertz CT molecular complexity index is 836. The maximum Gasteiger partial charge on any atom is 0.287 e. The first-order valence-corrected chi connectivity index (χ1v) is 8.23. The second kappa shape index (κ2) is 8.73. The lowest BCUT2D eigenvalue weighted by Gasteiger charge is -2.08. The highest BCUT2D eigenvalue weighted by Gasteiger charge is 2.14. The number of ether oxygens (including phenoxy) is 2. The Balaban J connectivity index is 0.00000225. The van der Waals surface area contributed by atoms with E-state index in [0.717, 1.165) is 16.1 Å². The molecule has 1 aromatic carbocycles. The number of nitrogens with zero attached hydrogens (tertiary/aromatic N) is 2. The summed E-state index contributed by atoms with van der Waals surface area (Å²) >= 11 is 1.45. The van der Waals surface area contributed by atoms with Gasteiger partial charge in [-0.3, -0.25) is 4.79 Å². The summed E-state index contributed by atoms with van der Waals surface area (Å²) in [5, 5.41) is 1.90. The number of thiophene rings is 1. The Kier molecular flexibility index (Phi) is 6.66. The van der Waals surface area contributed by atoms with E-state index in [1.54, 1.807) is 25.1 Å². The number of rotatable bonds is 6. The summed E-state index contributed by atoms with van der Waals surface area (Å²) in [6.07, 6.45) is 3.52. The van der Waals surface area contributed by atoms with E-state index in [2.05, 4.69) is 4.98 Å². The normalized spacial score (nSPS) is 10.0.